The van der Waals surface area contributed by atoms with Crippen molar-refractivity contribution in [1.29, 1.82) is 0 Å². The Labute approximate surface area is 227 Å². The molecule has 2 bridgehead atoms. The molecule has 0 radical (unpaired) electrons. The molecule has 5 atom stereocenters. The molecule has 0 aromatic heterocycles. The third kappa shape index (κ3) is 4.42. The summed E-state index contributed by atoms with van der Waals surface area (Å²) in [4.78, 5) is 53.1. The maximum absolute atomic E-state index is 13.5. The van der Waals surface area contributed by atoms with Crippen molar-refractivity contribution in [3.05, 3.63) is 95.6 Å². The summed E-state index contributed by atoms with van der Waals surface area (Å²) in [5.41, 5.74) is 3.63. The molecule has 3 aromatic carbocycles. The third-order valence-electron chi connectivity index (χ3n) is 8.61. The fourth-order valence-electron chi connectivity index (χ4n) is 6.90. The van der Waals surface area contributed by atoms with Gasteiger partial charge in [-0.3, -0.25) is 19.3 Å². The van der Waals surface area contributed by atoms with E-state index in [1.54, 1.807) is 18.2 Å². The van der Waals surface area contributed by atoms with Gasteiger partial charge in [0.1, 0.15) is 0 Å². The Hall–Kier alpha value is -4.26. The number of anilines is 2. The molecule has 7 nitrogen and oxygen atoms in total. The van der Waals surface area contributed by atoms with Crippen LogP contribution in [0.15, 0.2) is 78.9 Å². The summed E-state index contributed by atoms with van der Waals surface area (Å²) in [6.07, 6.45) is 2.62. The van der Waals surface area contributed by atoms with E-state index in [1.807, 2.05) is 43.3 Å². The van der Waals surface area contributed by atoms with Crippen LogP contribution in [0.1, 0.15) is 47.2 Å². The molecule has 6 rings (SSSR count). The molecule has 2 aliphatic carbocycles. The van der Waals surface area contributed by atoms with Gasteiger partial charge in [-0.1, -0.05) is 55.5 Å². The highest BCUT2D eigenvalue weighted by atomic mass is 16.5. The first-order valence-corrected chi connectivity index (χ1v) is 13.5. The predicted octanol–water partition coefficient (Wildman–Crippen LogP) is 4.97. The monoisotopic (exact) mass is 522 g/mol. The van der Waals surface area contributed by atoms with Crippen LogP contribution < -0.4 is 10.2 Å². The largest absolute Gasteiger partial charge is 0.452 e. The van der Waals surface area contributed by atoms with Crippen LogP contribution in [0.4, 0.5) is 11.4 Å². The van der Waals surface area contributed by atoms with Crippen molar-refractivity contribution in [2.75, 3.05) is 16.8 Å². The van der Waals surface area contributed by atoms with Crippen LogP contribution in [-0.2, 0) is 25.5 Å². The third-order valence-corrected chi connectivity index (χ3v) is 8.61. The molecule has 3 amide bonds. The zero-order chi connectivity index (χ0) is 27.1. The highest BCUT2D eigenvalue weighted by Crippen LogP contribution is 2.61. The predicted molar refractivity (Wildman–Crippen MR) is 146 cm³/mol. The summed E-state index contributed by atoms with van der Waals surface area (Å²) in [5, 5.41) is 2.77. The fourth-order valence-corrected chi connectivity index (χ4v) is 6.90. The van der Waals surface area contributed by atoms with Crippen LogP contribution in [0.25, 0.3) is 0 Å². The number of amides is 3. The van der Waals surface area contributed by atoms with Gasteiger partial charge in [0.05, 0.1) is 23.1 Å². The molecule has 2 saturated carbocycles. The van der Waals surface area contributed by atoms with Gasteiger partial charge in [0.15, 0.2) is 6.61 Å². The number of hydrogen-bond acceptors (Lipinski definition) is 5. The van der Waals surface area contributed by atoms with Crippen molar-refractivity contribution in [1.82, 2.24) is 0 Å². The number of ether oxygens (including phenoxy) is 1. The van der Waals surface area contributed by atoms with E-state index in [4.69, 9.17) is 4.74 Å². The van der Waals surface area contributed by atoms with Gasteiger partial charge < -0.3 is 10.1 Å². The Morgan fingerprint density at radius 3 is 2.31 bits per heavy atom. The Bertz CT molecular complexity index is 1430. The molecule has 0 unspecified atom stereocenters. The first-order valence-electron chi connectivity index (χ1n) is 13.5. The summed E-state index contributed by atoms with van der Waals surface area (Å²) in [5.74, 6) is -1.21. The van der Waals surface area contributed by atoms with E-state index in [0.29, 0.717) is 17.3 Å². The number of carbonyl (C=O) groups is 4. The number of nitrogens with zero attached hydrogens (tertiary/aromatic N) is 1. The SMILES string of the molecule is CCc1ccccc1NC(=O)COC(=O)c1ccc(N2C(=O)[C@@H]3[C@@H]4C[C@@H]([C@H]3C2=O)[C@@H](c2ccccc2)C4)cc1. The molecule has 3 aromatic rings. The molecular weight excluding hydrogens is 492 g/mol. The summed E-state index contributed by atoms with van der Waals surface area (Å²) in [7, 11) is 0. The summed E-state index contributed by atoms with van der Waals surface area (Å²) < 4.78 is 5.20. The molecule has 198 valence electrons. The van der Waals surface area contributed by atoms with Crippen LogP contribution in [0, 0.1) is 23.7 Å². The van der Waals surface area contributed by atoms with Crippen LogP contribution in [0.2, 0.25) is 0 Å². The van der Waals surface area contributed by atoms with Gasteiger partial charge in [0.2, 0.25) is 11.8 Å². The van der Waals surface area contributed by atoms with Crippen molar-refractivity contribution in [3.8, 4) is 0 Å². The molecular formula is C32H30N2O5. The second-order valence-electron chi connectivity index (χ2n) is 10.7. The normalized spacial score (nSPS) is 25.1. The van der Waals surface area contributed by atoms with Gasteiger partial charge in [-0.2, -0.15) is 0 Å². The van der Waals surface area contributed by atoms with E-state index < -0.39 is 18.5 Å². The maximum Gasteiger partial charge on any atom is 0.338 e. The zero-order valence-corrected chi connectivity index (χ0v) is 21.7. The minimum atomic E-state index is -0.653. The fraction of sp³-hybridized carbons (Fsp3) is 0.312. The number of hydrogen-bond donors (Lipinski definition) is 1. The number of esters is 1. The molecule has 7 heteroatoms. The van der Waals surface area contributed by atoms with Gasteiger partial charge in [0, 0.05) is 5.69 Å². The molecule has 1 heterocycles. The van der Waals surface area contributed by atoms with E-state index in [9.17, 15) is 19.2 Å². The summed E-state index contributed by atoms with van der Waals surface area (Å²) in [6.45, 7) is 1.58. The Kier molecular flexibility index (Phi) is 6.51. The molecule has 3 fully saturated rings. The average Bonchev–Trinajstić information content (AvgIpc) is 3.64. The van der Waals surface area contributed by atoms with Gasteiger partial charge in [-0.05, 0) is 78.5 Å². The van der Waals surface area contributed by atoms with E-state index in [-0.39, 0.29) is 41.0 Å². The van der Waals surface area contributed by atoms with E-state index in [0.717, 1.165) is 24.8 Å². The number of imide groups is 1. The topological polar surface area (TPSA) is 92.8 Å². The van der Waals surface area contributed by atoms with Crippen LogP contribution in [0.5, 0.6) is 0 Å². The molecule has 1 N–H and O–H groups in total. The van der Waals surface area contributed by atoms with Crippen molar-refractivity contribution < 1.29 is 23.9 Å². The van der Waals surface area contributed by atoms with Gasteiger partial charge in [-0.15, -0.1) is 0 Å². The van der Waals surface area contributed by atoms with Crippen LogP contribution in [-0.4, -0.2) is 30.3 Å². The van der Waals surface area contributed by atoms with E-state index >= 15 is 0 Å². The highest BCUT2D eigenvalue weighted by Gasteiger charge is 2.64. The lowest BCUT2D eigenvalue weighted by molar-refractivity contribution is -0.123. The molecule has 3 aliphatic rings. The van der Waals surface area contributed by atoms with Crippen molar-refractivity contribution in [3.63, 3.8) is 0 Å². The minimum absolute atomic E-state index is 0.136. The lowest BCUT2D eigenvalue weighted by Crippen LogP contribution is -2.33. The first-order chi connectivity index (χ1) is 19.0. The lowest BCUT2D eigenvalue weighted by Gasteiger charge is -2.28. The number of fused-ring (bicyclic) bond motifs is 5. The maximum atomic E-state index is 13.5. The molecule has 39 heavy (non-hydrogen) atoms. The smallest absolute Gasteiger partial charge is 0.338 e. The lowest BCUT2D eigenvalue weighted by atomic mass is 9.73. The quantitative estimate of drug-likeness (QED) is 0.349. The Morgan fingerprint density at radius 2 is 1.56 bits per heavy atom. The van der Waals surface area contributed by atoms with Crippen LogP contribution >= 0.6 is 0 Å². The van der Waals surface area contributed by atoms with Gasteiger partial charge >= 0.3 is 5.97 Å². The highest BCUT2D eigenvalue weighted by molar-refractivity contribution is 6.22. The van der Waals surface area contributed by atoms with Crippen LogP contribution in [0.3, 0.4) is 0 Å². The van der Waals surface area contributed by atoms with Crippen molar-refractivity contribution in [2.45, 2.75) is 32.1 Å². The Morgan fingerprint density at radius 1 is 0.872 bits per heavy atom. The van der Waals surface area contributed by atoms with Crippen molar-refractivity contribution in [2.24, 2.45) is 23.7 Å². The number of benzene rings is 3. The first kappa shape index (κ1) is 25.0. The second kappa shape index (κ2) is 10.1. The standard InChI is InChI=1S/C32H30N2O5/c1-2-19-8-6-7-11-26(19)33-27(35)18-39-32(38)21-12-14-23(15-13-21)34-30(36)28-22-16-24(20-9-4-3-5-10-20)25(17-22)29(28)31(34)37/h3-15,22,24-25,28-29H,2,16-18H2,1H3,(H,33,35)/t22-,24+,25+,28+,29+/m0/s1. The van der Waals surface area contributed by atoms with Gasteiger partial charge in [0.25, 0.3) is 5.91 Å². The minimum Gasteiger partial charge on any atom is -0.452 e. The summed E-state index contributed by atoms with van der Waals surface area (Å²) >= 11 is 0. The zero-order valence-electron chi connectivity index (χ0n) is 21.7. The number of rotatable bonds is 7. The van der Waals surface area contributed by atoms with Gasteiger partial charge in [-0.25, -0.2) is 4.79 Å². The molecule has 1 aliphatic heterocycles. The van der Waals surface area contributed by atoms with E-state index in [1.165, 1.54) is 22.6 Å². The average molecular weight is 523 g/mol. The molecule has 1 saturated heterocycles. The number of para-hydroxylation sites is 1. The number of carbonyl (C=O) groups excluding carboxylic acids is 4. The number of nitrogens with one attached hydrogen (secondary N) is 1. The molecule has 0 spiro atoms. The second-order valence-corrected chi connectivity index (χ2v) is 10.7. The number of aryl methyl sites for hydroxylation is 1. The Balaban J connectivity index is 1.10. The summed E-state index contributed by atoms with van der Waals surface area (Å²) in [6, 6.07) is 24.0. The van der Waals surface area contributed by atoms with E-state index in [2.05, 4.69) is 17.4 Å². The van der Waals surface area contributed by atoms with Crippen molar-refractivity contribution >= 4 is 35.1 Å².